The lowest BCUT2D eigenvalue weighted by atomic mass is 10.1. The van der Waals surface area contributed by atoms with E-state index in [4.69, 9.17) is 4.74 Å². The monoisotopic (exact) mass is 332 g/mol. The fourth-order valence-electron chi connectivity index (χ4n) is 3.00. The van der Waals surface area contributed by atoms with Gasteiger partial charge in [0.2, 0.25) is 0 Å². The van der Waals surface area contributed by atoms with Gasteiger partial charge in [0.05, 0.1) is 6.04 Å². The summed E-state index contributed by atoms with van der Waals surface area (Å²) >= 11 is 0. The number of carbonyl (C=O) groups excluding carboxylic acids is 1. The molecule has 0 N–H and O–H groups in total. The molecule has 1 aliphatic heterocycles. The summed E-state index contributed by atoms with van der Waals surface area (Å²) in [5.74, 6) is -1.98. The predicted octanol–water partition coefficient (Wildman–Crippen LogP) is 3.49. The van der Waals surface area contributed by atoms with Gasteiger partial charge in [0.1, 0.15) is 5.75 Å². The van der Waals surface area contributed by atoms with Gasteiger partial charge in [-0.2, -0.15) is 0 Å². The van der Waals surface area contributed by atoms with Crippen LogP contribution < -0.4 is 4.74 Å². The second-order valence-electron chi connectivity index (χ2n) is 5.81. The van der Waals surface area contributed by atoms with Crippen LogP contribution in [-0.2, 0) is 4.79 Å². The van der Waals surface area contributed by atoms with Crippen molar-refractivity contribution in [3.8, 4) is 5.75 Å². The first-order chi connectivity index (χ1) is 11.6. The van der Waals surface area contributed by atoms with Crippen LogP contribution in [0.2, 0.25) is 0 Å². The molecule has 0 aliphatic carbocycles. The molecule has 1 aromatic heterocycles. The van der Waals surface area contributed by atoms with Crippen LogP contribution in [0.25, 0.3) is 0 Å². The number of rotatable bonds is 4. The molecule has 2 aromatic rings. The van der Waals surface area contributed by atoms with Crippen LogP contribution in [0.5, 0.6) is 5.75 Å². The molecular weight excluding hydrogens is 314 g/mol. The molecule has 3 rings (SSSR count). The highest BCUT2D eigenvalue weighted by molar-refractivity contribution is 5.81. The lowest BCUT2D eigenvalue weighted by Crippen LogP contribution is -2.40. The zero-order valence-corrected chi connectivity index (χ0v) is 13.3. The highest BCUT2D eigenvalue weighted by Gasteiger charge is 2.33. The molecule has 1 aliphatic rings. The fraction of sp³-hybridized carbons (Fsp3) is 0.333. The van der Waals surface area contributed by atoms with Gasteiger partial charge < -0.3 is 9.64 Å². The number of benzene rings is 1. The zero-order valence-electron chi connectivity index (χ0n) is 13.3. The molecule has 2 heterocycles. The van der Waals surface area contributed by atoms with E-state index in [1.165, 1.54) is 6.07 Å². The molecule has 1 aromatic carbocycles. The Morgan fingerprint density at radius 3 is 2.71 bits per heavy atom. The summed E-state index contributed by atoms with van der Waals surface area (Å²) in [6.45, 7) is 2.27. The molecule has 0 saturated carbocycles. The average molecular weight is 332 g/mol. The van der Waals surface area contributed by atoms with Crippen molar-refractivity contribution in [2.24, 2.45) is 0 Å². The van der Waals surface area contributed by atoms with Gasteiger partial charge in [-0.3, -0.25) is 9.78 Å². The maximum atomic E-state index is 13.3. The standard InChI is InChI=1S/C18H18F2N2O2/c1-12(24-14-4-5-15(19)16(20)11-14)18(23)22-10-2-3-17(22)13-6-8-21-9-7-13/h4-9,11-12,17H,2-3,10H2,1H3/t12-,17+/m0/s1. The highest BCUT2D eigenvalue weighted by atomic mass is 19.2. The van der Waals surface area contributed by atoms with E-state index in [1.54, 1.807) is 24.2 Å². The maximum absolute atomic E-state index is 13.3. The molecule has 1 amide bonds. The van der Waals surface area contributed by atoms with E-state index in [2.05, 4.69) is 4.98 Å². The van der Waals surface area contributed by atoms with E-state index >= 15 is 0 Å². The smallest absolute Gasteiger partial charge is 0.263 e. The van der Waals surface area contributed by atoms with Gasteiger partial charge in [0.25, 0.3) is 5.91 Å². The predicted molar refractivity (Wildman–Crippen MR) is 84.4 cm³/mol. The molecule has 2 atom stereocenters. The van der Waals surface area contributed by atoms with Crippen molar-refractivity contribution in [3.05, 3.63) is 59.9 Å². The Bertz CT molecular complexity index is 724. The van der Waals surface area contributed by atoms with Gasteiger partial charge in [-0.1, -0.05) is 0 Å². The summed E-state index contributed by atoms with van der Waals surface area (Å²) < 4.78 is 31.7. The van der Waals surface area contributed by atoms with E-state index in [-0.39, 0.29) is 17.7 Å². The van der Waals surface area contributed by atoms with E-state index in [1.807, 2.05) is 12.1 Å². The normalized spacial score (nSPS) is 18.5. The largest absolute Gasteiger partial charge is 0.481 e. The van der Waals surface area contributed by atoms with Gasteiger partial charge in [-0.25, -0.2) is 8.78 Å². The zero-order chi connectivity index (χ0) is 17.1. The topological polar surface area (TPSA) is 42.4 Å². The van der Waals surface area contributed by atoms with Gasteiger partial charge >= 0.3 is 0 Å². The van der Waals surface area contributed by atoms with Crippen molar-refractivity contribution < 1.29 is 18.3 Å². The first-order valence-electron chi connectivity index (χ1n) is 7.88. The van der Waals surface area contributed by atoms with Gasteiger partial charge in [0.15, 0.2) is 17.7 Å². The summed E-state index contributed by atoms with van der Waals surface area (Å²) in [6.07, 6.45) is 4.43. The molecule has 4 nitrogen and oxygen atoms in total. The van der Waals surface area contributed by atoms with Crippen LogP contribution >= 0.6 is 0 Å². The van der Waals surface area contributed by atoms with Gasteiger partial charge in [-0.15, -0.1) is 0 Å². The number of nitrogens with zero attached hydrogens (tertiary/aromatic N) is 2. The van der Waals surface area contributed by atoms with Crippen LogP contribution in [0, 0.1) is 11.6 Å². The second kappa shape index (κ2) is 6.95. The summed E-state index contributed by atoms with van der Waals surface area (Å²) in [7, 11) is 0. The minimum atomic E-state index is -0.997. The molecule has 0 spiro atoms. The third-order valence-electron chi connectivity index (χ3n) is 4.18. The molecule has 0 bridgehead atoms. The molecule has 1 fully saturated rings. The third-order valence-corrected chi connectivity index (χ3v) is 4.18. The van der Waals surface area contributed by atoms with Crippen molar-refractivity contribution in [1.82, 2.24) is 9.88 Å². The van der Waals surface area contributed by atoms with Crippen molar-refractivity contribution >= 4 is 5.91 Å². The van der Waals surface area contributed by atoms with Crippen LogP contribution in [-0.4, -0.2) is 28.4 Å². The van der Waals surface area contributed by atoms with Crippen molar-refractivity contribution in [1.29, 1.82) is 0 Å². The van der Waals surface area contributed by atoms with Gasteiger partial charge in [-0.05, 0) is 49.6 Å². The Labute approximate surface area is 139 Å². The SMILES string of the molecule is C[C@H](Oc1ccc(F)c(F)c1)C(=O)N1CCC[C@@H]1c1ccncc1. The Morgan fingerprint density at radius 2 is 2.00 bits per heavy atom. The lowest BCUT2D eigenvalue weighted by Gasteiger charge is -2.28. The lowest BCUT2D eigenvalue weighted by molar-refractivity contribution is -0.138. The van der Waals surface area contributed by atoms with Crippen molar-refractivity contribution in [2.75, 3.05) is 6.54 Å². The number of pyridine rings is 1. The third kappa shape index (κ3) is 3.37. The van der Waals surface area contributed by atoms with Crippen LogP contribution in [0.1, 0.15) is 31.4 Å². The van der Waals surface area contributed by atoms with Gasteiger partial charge in [0, 0.05) is 25.0 Å². The number of aromatic nitrogens is 1. The number of amides is 1. The summed E-state index contributed by atoms with van der Waals surface area (Å²) in [6, 6.07) is 7.04. The Morgan fingerprint density at radius 1 is 1.25 bits per heavy atom. The van der Waals surface area contributed by atoms with Crippen LogP contribution in [0.3, 0.4) is 0 Å². The first kappa shape index (κ1) is 16.4. The molecule has 0 unspecified atom stereocenters. The number of likely N-dealkylation sites (tertiary alicyclic amines) is 1. The quantitative estimate of drug-likeness (QED) is 0.861. The number of halogens is 2. The highest BCUT2D eigenvalue weighted by Crippen LogP contribution is 2.32. The second-order valence-corrected chi connectivity index (χ2v) is 5.81. The number of carbonyl (C=O) groups is 1. The summed E-state index contributed by atoms with van der Waals surface area (Å²) in [5, 5.41) is 0. The fourth-order valence-corrected chi connectivity index (χ4v) is 3.00. The van der Waals surface area contributed by atoms with E-state index in [0.29, 0.717) is 6.54 Å². The summed E-state index contributed by atoms with van der Waals surface area (Å²) in [4.78, 5) is 18.5. The van der Waals surface area contributed by atoms with E-state index in [9.17, 15) is 13.6 Å². The Balaban J connectivity index is 1.71. The number of ether oxygens (including phenoxy) is 1. The van der Waals surface area contributed by atoms with Crippen molar-refractivity contribution in [2.45, 2.75) is 31.9 Å². The van der Waals surface area contributed by atoms with Crippen molar-refractivity contribution in [3.63, 3.8) is 0 Å². The molecular formula is C18H18F2N2O2. The average Bonchev–Trinajstić information content (AvgIpc) is 3.08. The summed E-state index contributed by atoms with van der Waals surface area (Å²) in [5.41, 5.74) is 1.04. The van der Waals surface area contributed by atoms with E-state index < -0.39 is 17.7 Å². The minimum absolute atomic E-state index is 0.00324. The number of hydrogen-bond acceptors (Lipinski definition) is 3. The Kier molecular flexibility index (Phi) is 4.74. The van der Waals surface area contributed by atoms with Crippen LogP contribution in [0.4, 0.5) is 8.78 Å². The van der Waals surface area contributed by atoms with Crippen LogP contribution in [0.15, 0.2) is 42.7 Å². The molecule has 0 radical (unpaired) electrons. The molecule has 1 saturated heterocycles. The Hall–Kier alpha value is -2.50. The number of hydrogen-bond donors (Lipinski definition) is 0. The maximum Gasteiger partial charge on any atom is 0.263 e. The molecule has 24 heavy (non-hydrogen) atoms. The molecule has 6 heteroatoms. The minimum Gasteiger partial charge on any atom is -0.481 e. The van der Waals surface area contributed by atoms with E-state index in [0.717, 1.165) is 30.5 Å². The first-order valence-corrected chi connectivity index (χ1v) is 7.88. The molecule has 126 valence electrons.